The van der Waals surface area contributed by atoms with Crippen LogP contribution in [0.25, 0.3) is 0 Å². The molecule has 0 bridgehead atoms. The Kier molecular flexibility index (Phi) is 3.94. The van der Waals surface area contributed by atoms with Crippen molar-refractivity contribution in [2.45, 2.75) is 52.5 Å². The first kappa shape index (κ1) is 13.1. The molecule has 2 heteroatoms. The van der Waals surface area contributed by atoms with E-state index in [9.17, 15) is 0 Å². The summed E-state index contributed by atoms with van der Waals surface area (Å²) >= 11 is 1.76. The average molecular weight is 251 g/mol. The van der Waals surface area contributed by atoms with Gasteiger partial charge in [0, 0.05) is 6.04 Å². The van der Waals surface area contributed by atoms with Gasteiger partial charge in [-0.15, -0.1) is 0 Å². The Hall–Kier alpha value is -0.340. The fraction of sp³-hybridized carbons (Fsp3) is 0.733. The predicted octanol–water partition coefficient (Wildman–Crippen LogP) is 4.60. The summed E-state index contributed by atoms with van der Waals surface area (Å²) in [6.45, 7) is 7.12. The molecule has 1 aromatic heterocycles. The number of nitrogens with two attached hydrogens (primary N) is 1. The van der Waals surface area contributed by atoms with E-state index >= 15 is 0 Å². The third kappa shape index (κ3) is 3.11. The molecule has 0 spiro atoms. The predicted molar refractivity (Wildman–Crippen MR) is 76.2 cm³/mol. The molecule has 2 N–H and O–H groups in total. The maximum Gasteiger partial charge on any atom is 0.0331 e. The van der Waals surface area contributed by atoms with Crippen LogP contribution in [0.2, 0.25) is 0 Å². The van der Waals surface area contributed by atoms with Crippen molar-refractivity contribution in [1.82, 2.24) is 0 Å². The summed E-state index contributed by atoms with van der Waals surface area (Å²) in [6.07, 6.45) is 5.32. The van der Waals surface area contributed by atoms with Gasteiger partial charge in [-0.3, -0.25) is 0 Å². The lowest BCUT2D eigenvalue weighted by Gasteiger charge is -2.38. The van der Waals surface area contributed by atoms with Crippen molar-refractivity contribution in [3.05, 3.63) is 22.4 Å². The fourth-order valence-electron chi connectivity index (χ4n) is 3.08. The van der Waals surface area contributed by atoms with E-state index in [0.29, 0.717) is 11.3 Å². The van der Waals surface area contributed by atoms with Crippen LogP contribution >= 0.6 is 11.3 Å². The van der Waals surface area contributed by atoms with E-state index in [4.69, 9.17) is 5.73 Å². The van der Waals surface area contributed by atoms with Crippen LogP contribution in [0.15, 0.2) is 16.8 Å². The van der Waals surface area contributed by atoms with Gasteiger partial charge >= 0.3 is 0 Å². The quantitative estimate of drug-likeness (QED) is 0.816. The number of thiophene rings is 1. The summed E-state index contributed by atoms with van der Waals surface area (Å²) in [5.74, 6) is 1.58. The zero-order valence-electron chi connectivity index (χ0n) is 11.3. The molecule has 1 aromatic rings. The van der Waals surface area contributed by atoms with E-state index < -0.39 is 0 Å². The third-order valence-corrected chi connectivity index (χ3v) is 5.13. The van der Waals surface area contributed by atoms with Crippen LogP contribution < -0.4 is 5.73 Å². The first-order chi connectivity index (χ1) is 7.98. The summed E-state index contributed by atoms with van der Waals surface area (Å²) in [6, 6.07) is 2.45. The van der Waals surface area contributed by atoms with Crippen LogP contribution in [0, 0.1) is 17.3 Å². The van der Waals surface area contributed by atoms with E-state index in [1.165, 1.54) is 31.2 Å². The van der Waals surface area contributed by atoms with Gasteiger partial charge in [-0.1, -0.05) is 20.8 Å². The second-order valence-electron chi connectivity index (χ2n) is 6.56. The molecule has 1 nitrogen and oxygen atoms in total. The van der Waals surface area contributed by atoms with Crippen molar-refractivity contribution in [2.24, 2.45) is 23.0 Å². The van der Waals surface area contributed by atoms with Crippen molar-refractivity contribution in [3.8, 4) is 0 Å². The molecule has 96 valence electrons. The molecule has 0 amide bonds. The summed E-state index contributed by atoms with van der Waals surface area (Å²) in [5, 5.41) is 4.34. The Morgan fingerprint density at radius 2 is 1.88 bits per heavy atom. The van der Waals surface area contributed by atoms with Crippen molar-refractivity contribution in [2.75, 3.05) is 0 Å². The van der Waals surface area contributed by atoms with Gasteiger partial charge in [0.05, 0.1) is 0 Å². The molecule has 17 heavy (non-hydrogen) atoms. The molecule has 1 fully saturated rings. The minimum atomic E-state index is 0.266. The first-order valence-electron chi connectivity index (χ1n) is 6.76. The lowest BCUT2D eigenvalue weighted by molar-refractivity contribution is 0.140. The molecule has 1 aliphatic carbocycles. The van der Waals surface area contributed by atoms with Crippen molar-refractivity contribution in [3.63, 3.8) is 0 Å². The van der Waals surface area contributed by atoms with Crippen LogP contribution in [0.5, 0.6) is 0 Å². The summed E-state index contributed by atoms with van der Waals surface area (Å²) in [4.78, 5) is 0. The van der Waals surface area contributed by atoms with Gasteiger partial charge in [0.1, 0.15) is 0 Å². The Balaban J connectivity index is 1.91. The molecule has 2 rings (SSSR count). The normalized spacial score (nSPS) is 28.0. The van der Waals surface area contributed by atoms with Crippen molar-refractivity contribution < 1.29 is 0 Å². The van der Waals surface area contributed by atoms with Crippen molar-refractivity contribution >= 4 is 11.3 Å². The van der Waals surface area contributed by atoms with E-state index in [1.54, 1.807) is 11.3 Å². The molecular weight excluding hydrogens is 226 g/mol. The fourth-order valence-corrected chi connectivity index (χ4v) is 3.79. The Bertz CT molecular complexity index is 328. The Morgan fingerprint density at radius 1 is 1.24 bits per heavy atom. The molecule has 1 heterocycles. The van der Waals surface area contributed by atoms with Gasteiger partial charge in [0.2, 0.25) is 0 Å². The summed E-state index contributed by atoms with van der Waals surface area (Å²) in [7, 11) is 0. The molecule has 0 aliphatic heterocycles. The van der Waals surface area contributed by atoms with E-state index in [-0.39, 0.29) is 6.04 Å². The smallest absolute Gasteiger partial charge is 0.0331 e. The first-order valence-corrected chi connectivity index (χ1v) is 7.70. The topological polar surface area (TPSA) is 26.0 Å². The highest BCUT2D eigenvalue weighted by Crippen LogP contribution is 2.42. The van der Waals surface area contributed by atoms with Gasteiger partial charge < -0.3 is 5.73 Å². The monoisotopic (exact) mass is 251 g/mol. The highest BCUT2D eigenvalue weighted by Gasteiger charge is 2.32. The van der Waals surface area contributed by atoms with Gasteiger partial charge in [0.25, 0.3) is 0 Å². The van der Waals surface area contributed by atoms with Crippen LogP contribution in [0.4, 0.5) is 0 Å². The zero-order valence-corrected chi connectivity index (χ0v) is 12.1. The van der Waals surface area contributed by atoms with Crippen LogP contribution in [0.3, 0.4) is 0 Å². The van der Waals surface area contributed by atoms with E-state index in [0.717, 1.165) is 5.92 Å². The maximum atomic E-state index is 6.38. The maximum absolute atomic E-state index is 6.38. The van der Waals surface area contributed by atoms with Gasteiger partial charge in [-0.2, -0.15) is 11.3 Å². The molecule has 0 saturated heterocycles. The molecule has 1 unspecified atom stereocenters. The van der Waals surface area contributed by atoms with Crippen molar-refractivity contribution in [1.29, 1.82) is 0 Å². The Labute approximate surface area is 109 Å². The van der Waals surface area contributed by atoms with Gasteiger partial charge in [-0.05, 0) is 65.3 Å². The largest absolute Gasteiger partial charge is 0.324 e. The lowest BCUT2D eigenvalue weighted by Crippen LogP contribution is -2.30. The van der Waals surface area contributed by atoms with E-state index in [2.05, 4.69) is 37.6 Å². The number of hydrogen-bond donors (Lipinski definition) is 1. The van der Waals surface area contributed by atoms with Crippen LogP contribution in [-0.2, 0) is 0 Å². The summed E-state index contributed by atoms with van der Waals surface area (Å²) < 4.78 is 0. The Morgan fingerprint density at radius 3 is 2.35 bits per heavy atom. The SMILES string of the molecule is CC(C)(C)C1CCC(C(N)c2ccsc2)CC1. The summed E-state index contributed by atoms with van der Waals surface area (Å²) in [5.41, 5.74) is 8.19. The van der Waals surface area contributed by atoms with Crippen LogP contribution in [-0.4, -0.2) is 0 Å². The molecular formula is C15H25NS. The minimum absolute atomic E-state index is 0.266. The molecule has 1 atom stereocenters. The van der Waals surface area contributed by atoms with E-state index in [1.807, 2.05) is 0 Å². The zero-order chi connectivity index (χ0) is 12.5. The number of hydrogen-bond acceptors (Lipinski definition) is 2. The number of rotatable bonds is 2. The standard InChI is InChI=1S/C15H25NS/c1-15(2,3)13-6-4-11(5-7-13)14(16)12-8-9-17-10-12/h8-11,13-14H,4-7,16H2,1-3H3. The minimum Gasteiger partial charge on any atom is -0.324 e. The third-order valence-electron chi connectivity index (χ3n) is 4.43. The van der Waals surface area contributed by atoms with Crippen LogP contribution in [0.1, 0.15) is 58.1 Å². The molecule has 1 aliphatic rings. The molecule has 0 radical (unpaired) electrons. The molecule has 0 aromatic carbocycles. The average Bonchev–Trinajstić information content (AvgIpc) is 2.80. The molecule has 1 saturated carbocycles. The lowest BCUT2D eigenvalue weighted by atomic mass is 9.68. The highest BCUT2D eigenvalue weighted by molar-refractivity contribution is 7.07. The highest BCUT2D eigenvalue weighted by atomic mass is 32.1. The van der Waals surface area contributed by atoms with Gasteiger partial charge in [0.15, 0.2) is 0 Å². The second kappa shape index (κ2) is 5.11. The van der Waals surface area contributed by atoms with Gasteiger partial charge in [-0.25, -0.2) is 0 Å². The second-order valence-corrected chi connectivity index (χ2v) is 7.34.